The van der Waals surface area contributed by atoms with Crippen LogP contribution < -0.4 is 10.2 Å². The Hall–Kier alpha value is -4.27. The van der Waals surface area contributed by atoms with Crippen LogP contribution in [0, 0.1) is 5.92 Å². The Morgan fingerprint density at radius 3 is 2.68 bits per heavy atom. The summed E-state index contributed by atoms with van der Waals surface area (Å²) in [6.45, 7) is 6.19. The minimum absolute atomic E-state index is 0.0176. The molecule has 0 aromatic carbocycles. The van der Waals surface area contributed by atoms with Crippen LogP contribution in [0.1, 0.15) is 39.5 Å². The lowest BCUT2D eigenvalue weighted by Gasteiger charge is -2.29. The highest BCUT2D eigenvalue weighted by molar-refractivity contribution is 5.99. The quantitative estimate of drug-likeness (QED) is 0.286. The highest BCUT2D eigenvalue weighted by Gasteiger charge is 2.18. The number of hydrogen-bond acceptors (Lipinski definition) is 6. The van der Waals surface area contributed by atoms with Gasteiger partial charge in [-0.05, 0) is 49.4 Å². The summed E-state index contributed by atoms with van der Waals surface area (Å²) in [7, 11) is 0. The summed E-state index contributed by atoms with van der Waals surface area (Å²) in [5.74, 6) is 0.272. The Labute approximate surface area is 214 Å². The average Bonchev–Trinajstić information content (AvgIpc) is 3.52. The fraction of sp³-hybridized carbons (Fsp3) is 0.321. The van der Waals surface area contributed by atoms with E-state index in [9.17, 15) is 4.79 Å². The highest BCUT2D eigenvalue weighted by Crippen LogP contribution is 2.34. The van der Waals surface area contributed by atoms with E-state index in [-0.39, 0.29) is 11.8 Å². The molecule has 6 heterocycles. The molecule has 1 aliphatic heterocycles. The summed E-state index contributed by atoms with van der Waals surface area (Å²) in [4.78, 5) is 31.7. The predicted molar refractivity (Wildman–Crippen MR) is 146 cm³/mol. The number of rotatable bonds is 6. The lowest BCUT2D eigenvalue weighted by atomic mass is 10.1. The number of aromatic amines is 2. The molecule has 0 unspecified atom stereocenters. The molecule has 0 saturated carbocycles. The molecule has 37 heavy (non-hydrogen) atoms. The Kier molecular flexibility index (Phi) is 6.04. The Morgan fingerprint density at radius 2 is 1.84 bits per heavy atom. The van der Waals surface area contributed by atoms with Crippen LogP contribution in [-0.2, 0) is 4.79 Å². The number of H-pyrrole nitrogens is 2. The number of amides is 1. The van der Waals surface area contributed by atoms with Crippen molar-refractivity contribution in [1.82, 2.24) is 30.1 Å². The standard InChI is InChI=1S/C28H30N8O/c1-17(2)10-25(37)32-20-11-18(14-29-16-20)19-12-22-26(34-35-28(22)31-15-19)23-13-21-24(6-7-30-27(21)33-23)36-8-4-3-5-9-36/h6-7,11-17H,3-5,8-10H2,1-2H3,(H,30,33)(H,32,37)(H,31,34,35). The number of aromatic nitrogens is 6. The molecule has 1 aliphatic rings. The molecule has 5 aromatic rings. The molecule has 1 amide bonds. The van der Waals surface area contributed by atoms with Crippen LogP contribution in [0.25, 0.3) is 44.6 Å². The molecular formula is C28H30N8O. The van der Waals surface area contributed by atoms with Gasteiger partial charge in [-0.25, -0.2) is 9.97 Å². The molecule has 9 nitrogen and oxygen atoms in total. The number of carbonyl (C=O) groups excluding carboxylic acids is 1. The van der Waals surface area contributed by atoms with Crippen LogP contribution in [0.5, 0.6) is 0 Å². The van der Waals surface area contributed by atoms with Crippen LogP contribution in [0.2, 0.25) is 0 Å². The van der Waals surface area contributed by atoms with E-state index in [1.807, 2.05) is 26.1 Å². The van der Waals surface area contributed by atoms with E-state index in [1.165, 1.54) is 24.9 Å². The van der Waals surface area contributed by atoms with Crippen molar-refractivity contribution in [3.05, 3.63) is 49.1 Å². The minimum Gasteiger partial charge on any atom is -0.371 e. The molecule has 0 spiro atoms. The summed E-state index contributed by atoms with van der Waals surface area (Å²) in [5.41, 5.74) is 6.89. The van der Waals surface area contributed by atoms with Gasteiger partial charge >= 0.3 is 0 Å². The molecular weight excluding hydrogens is 464 g/mol. The molecule has 1 fully saturated rings. The van der Waals surface area contributed by atoms with Crippen molar-refractivity contribution in [3.63, 3.8) is 0 Å². The van der Waals surface area contributed by atoms with Gasteiger partial charge in [0, 0.05) is 65.7 Å². The maximum atomic E-state index is 12.2. The van der Waals surface area contributed by atoms with Crippen molar-refractivity contribution in [2.45, 2.75) is 39.5 Å². The fourth-order valence-corrected chi connectivity index (χ4v) is 5.07. The van der Waals surface area contributed by atoms with Crippen molar-refractivity contribution in [2.75, 3.05) is 23.3 Å². The molecule has 0 aliphatic carbocycles. The van der Waals surface area contributed by atoms with Gasteiger partial charge in [-0.2, -0.15) is 5.10 Å². The SMILES string of the molecule is CC(C)CC(=O)Nc1cncc(-c2cnc3[nH]nc(-c4cc5c(N6CCCCC6)ccnc5[nH]4)c3c2)c1. The molecule has 3 N–H and O–H groups in total. The second-order valence-electron chi connectivity index (χ2n) is 10.1. The monoisotopic (exact) mass is 494 g/mol. The number of nitrogens with zero attached hydrogens (tertiary/aromatic N) is 5. The van der Waals surface area contributed by atoms with Gasteiger partial charge in [-0.3, -0.25) is 14.9 Å². The summed E-state index contributed by atoms with van der Waals surface area (Å²) in [6.07, 6.45) is 11.3. The smallest absolute Gasteiger partial charge is 0.224 e. The zero-order chi connectivity index (χ0) is 25.4. The maximum absolute atomic E-state index is 12.2. The zero-order valence-electron chi connectivity index (χ0n) is 21.1. The van der Waals surface area contributed by atoms with E-state index in [2.05, 4.69) is 58.5 Å². The van der Waals surface area contributed by atoms with Crippen LogP contribution in [-0.4, -0.2) is 49.1 Å². The van der Waals surface area contributed by atoms with Gasteiger partial charge in [0.05, 0.1) is 17.6 Å². The van der Waals surface area contributed by atoms with Crippen molar-refractivity contribution in [3.8, 4) is 22.5 Å². The molecule has 1 saturated heterocycles. The molecule has 6 rings (SSSR count). The largest absolute Gasteiger partial charge is 0.371 e. The third-order valence-electron chi connectivity index (χ3n) is 6.83. The number of fused-ring (bicyclic) bond motifs is 2. The first-order valence-electron chi connectivity index (χ1n) is 12.9. The van der Waals surface area contributed by atoms with Gasteiger partial charge in [-0.15, -0.1) is 0 Å². The summed E-state index contributed by atoms with van der Waals surface area (Å²) >= 11 is 0. The topological polar surface area (TPSA) is 115 Å². The van der Waals surface area contributed by atoms with Gasteiger partial charge in [0.2, 0.25) is 5.91 Å². The van der Waals surface area contributed by atoms with Gasteiger partial charge in [0.1, 0.15) is 11.3 Å². The van der Waals surface area contributed by atoms with E-state index in [1.54, 1.807) is 18.6 Å². The number of hydrogen-bond donors (Lipinski definition) is 3. The van der Waals surface area contributed by atoms with Crippen LogP contribution in [0.15, 0.2) is 49.1 Å². The summed E-state index contributed by atoms with van der Waals surface area (Å²) in [5, 5.41) is 12.6. The number of pyridine rings is 3. The van der Waals surface area contributed by atoms with Gasteiger partial charge < -0.3 is 15.2 Å². The van der Waals surface area contributed by atoms with Crippen LogP contribution in [0.4, 0.5) is 11.4 Å². The molecule has 0 radical (unpaired) electrons. The third-order valence-corrected chi connectivity index (χ3v) is 6.83. The first-order chi connectivity index (χ1) is 18.0. The number of nitrogens with one attached hydrogen (secondary N) is 3. The lowest BCUT2D eigenvalue weighted by molar-refractivity contribution is -0.116. The Balaban J connectivity index is 1.35. The van der Waals surface area contributed by atoms with E-state index in [4.69, 9.17) is 0 Å². The maximum Gasteiger partial charge on any atom is 0.224 e. The Morgan fingerprint density at radius 1 is 1.00 bits per heavy atom. The molecule has 0 bridgehead atoms. The number of piperidine rings is 1. The molecule has 9 heteroatoms. The van der Waals surface area contributed by atoms with Crippen molar-refractivity contribution >= 4 is 39.3 Å². The highest BCUT2D eigenvalue weighted by atomic mass is 16.1. The minimum atomic E-state index is -0.0176. The van der Waals surface area contributed by atoms with E-state index < -0.39 is 0 Å². The lowest BCUT2D eigenvalue weighted by Crippen LogP contribution is -2.29. The first-order valence-corrected chi connectivity index (χ1v) is 12.9. The summed E-state index contributed by atoms with van der Waals surface area (Å²) in [6, 6.07) is 8.22. The first kappa shape index (κ1) is 23.1. The average molecular weight is 495 g/mol. The number of anilines is 2. The summed E-state index contributed by atoms with van der Waals surface area (Å²) < 4.78 is 0. The van der Waals surface area contributed by atoms with Gasteiger partial charge in [0.15, 0.2) is 5.65 Å². The van der Waals surface area contributed by atoms with Crippen molar-refractivity contribution in [2.24, 2.45) is 5.92 Å². The second-order valence-corrected chi connectivity index (χ2v) is 10.1. The molecule has 0 atom stereocenters. The van der Waals surface area contributed by atoms with E-state index >= 15 is 0 Å². The van der Waals surface area contributed by atoms with Gasteiger partial charge in [-0.1, -0.05) is 13.8 Å². The van der Waals surface area contributed by atoms with Crippen molar-refractivity contribution in [1.29, 1.82) is 0 Å². The van der Waals surface area contributed by atoms with Crippen LogP contribution >= 0.6 is 0 Å². The normalized spacial score (nSPS) is 14.1. The van der Waals surface area contributed by atoms with Gasteiger partial charge in [0.25, 0.3) is 0 Å². The zero-order valence-corrected chi connectivity index (χ0v) is 21.1. The second kappa shape index (κ2) is 9.65. The van der Waals surface area contributed by atoms with Crippen molar-refractivity contribution < 1.29 is 4.79 Å². The predicted octanol–water partition coefficient (Wildman–Crippen LogP) is 5.54. The van der Waals surface area contributed by atoms with E-state index in [0.29, 0.717) is 17.8 Å². The molecule has 5 aromatic heterocycles. The third kappa shape index (κ3) is 4.64. The van der Waals surface area contributed by atoms with E-state index in [0.717, 1.165) is 52.0 Å². The number of carbonyl (C=O) groups is 1. The fourth-order valence-electron chi connectivity index (χ4n) is 5.07. The van der Waals surface area contributed by atoms with Crippen LogP contribution in [0.3, 0.4) is 0 Å². The molecule has 188 valence electrons. The Bertz CT molecular complexity index is 1580.